The molecule has 2 rings (SSSR count). The highest BCUT2D eigenvalue weighted by atomic mass is 16.2. The molecule has 0 saturated heterocycles. The van der Waals surface area contributed by atoms with E-state index >= 15 is 0 Å². The first kappa shape index (κ1) is 12.2. The Morgan fingerprint density at radius 2 is 2.12 bits per heavy atom. The maximum Gasteiger partial charge on any atom is 0.0431 e. The van der Waals surface area contributed by atoms with Crippen molar-refractivity contribution in [1.29, 1.82) is 0 Å². The molecule has 3 nitrogen and oxygen atoms in total. The van der Waals surface area contributed by atoms with Crippen LogP contribution in [0.3, 0.4) is 0 Å². The van der Waals surface area contributed by atoms with Gasteiger partial charge in [-0.15, -0.1) is 0 Å². The van der Waals surface area contributed by atoms with Gasteiger partial charge in [0.25, 0.3) is 0 Å². The third-order valence-electron chi connectivity index (χ3n) is 3.47. The van der Waals surface area contributed by atoms with E-state index in [0.717, 1.165) is 44.5 Å². The van der Waals surface area contributed by atoms with Crippen molar-refractivity contribution in [3.63, 3.8) is 0 Å². The number of benzene rings is 1. The second kappa shape index (κ2) is 5.92. The predicted octanol–water partition coefficient (Wildman–Crippen LogP) is 2.18. The van der Waals surface area contributed by atoms with Gasteiger partial charge in [-0.2, -0.15) is 0 Å². The fourth-order valence-corrected chi connectivity index (χ4v) is 2.55. The molecule has 1 aliphatic heterocycles. The summed E-state index contributed by atoms with van der Waals surface area (Å²) in [5, 5.41) is 8.77. The fraction of sp³-hybridized carbons (Fsp3) is 0.571. The van der Waals surface area contributed by atoms with Crippen LogP contribution in [0.2, 0.25) is 0 Å². The maximum atomic E-state index is 8.77. The van der Waals surface area contributed by atoms with Crippen molar-refractivity contribution in [1.82, 2.24) is 0 Å². The third-order valence-corrected chi connectivity index (χ3v) is 3.47. The van der Waals surface area contributed by atoms with Crippen LogP contribution in [0.4, 0.5) is 11.4 Å². The molecule has 0 radical (unpaired) electrons. The van der Waals surface area contributed by atoms with Gasteiger partial charge in [0.2, 0.25) is 0 Å². The molecule has 0 saturated carbocycles. The minimum Gasteiger partial charge on any atom is -0.398 e. The molecule has 0 fully saturated rings. The monoisotopic (exact) mass is 234 g/mol. The topological polar surface area (TPSA) is 49.5 Å². The van der Waals surface area contributed by atoms with E-state index in [2.05, 4.69) is 11.0 Å². The Morgan fingerprint density at radius 1 is 1.24 bits per heavy atom. The van der Waals surface area contributed by atoms with Crippen molar-refractivity contribution in [3.8, 4) is 0 Å². The first-order valence-electron chi connectivity index (χ1n) is 6.56. The van der Waals surface area contributed by atoms with Gasteiger partial charge in [-0.1, -0.05) is 6.07 Å². The minimum absolute atomic E-state index is 0.309. The Balaban J connectivity index is 1.99. The summed E-state index contributed by atoms with van der Waals surface area (Å²) in [6, 6.07) is 6.21. The van der Waals surface area contributed by atoms with Crippen molar-refractivity contribution in [2.45, 2.75) is 32.1 Å². The predicted molar refractivity (Wildman–Crippen MR) is 72.3 cm³/mol. The number of nitrogens with two attached hydrogens (primary N) is 1. The Bertz CT molecular complexity index is 365. The van der Waals surface area contributed by atoms with Gasteiger partial charge in [-0.25, -0.2) is 0 Å². The number of hydrogen-bond donors (Lipinski definition) is 2. The molecule has 0 aromatic heterocycles. The molecule has 0 aliphatic carbocycles. The van der Waals surface area contributed by atoms with Crippen LogP contribution >= 0.6 is 0 Å². The molecule has 1 aromatic rings. The lowest BCUT2D eigenvalue weighted by molar-refractivity contribution is 0.283. The van der Waals surface area contributed by atoms with Crippen molar-refractivity contribution in [2.24, 2.45) is 0 Å². The number of aliphatic hydroxyl groups excluding tert-OH is 1. The minimum atomic E-state index is 0.309. The zero-order chi connectivity index (χ0) is 12.1. The summed E-state index contributed by atoms with van der Waals surface area (Å²) in [6.07, 6.45) is 5.47. The Hall–Kier alpha value is -1.22. The molecule has 1 heterocycles. The number of anilines is 2. The summed E-state index contributed by atoms with van der Waals surface area (Å²) in [7, 11) is 0. The van der Waals surface area contributed by atoms with Crippen LogP contribution < -0.4 is 10.6 Å². The van der Waals surface area contributed by atoms with Crippen molar-refractivity contribution >= 4 is 11.4 Å². The van der Waals surface area contributed by atoms with E-state index in [-0.39, 0.29) is 0 Å². The first-order chi connectivity index (χ1) is 8.33. The normalized spacial score (nSPS) is 14.8. The van der Waals surface area contributed by atoms with Crippen LogP contribution in [0.5, 0.6) is 0 Å². The fourth-order valence-electron chi connectivity index (χ4n) is 2.55. The largest absolute Gasteiger partial charge is 0.398 e. The Labute approximate surface area is 103 Å². The lowest BCUT2D eigenvalue weighted by atomic mass is 9.99. The lowest BCUT2D eigenvalue weighted by Gasteiger charge is -2.32. The van der Waals surface area contributed by atoms with Gasteiger partial charge >= 0.3 is 0 Å². The number of nitrogen functional groups attached to an aromatic ring is 1. The summed E-state index contributed by atoms with van der Waals surface area (Å²) in [6.45, 7) is 2.52. The number of rotatable bonds is 5. The second-order valence-electron chi connectivity index (χ2n) is 4.72. The first-order valence-corrected chi connectivity index (χ1v) is 6.56. The zero-order valence-electron chi connectivity index (χ0n) is 10.4. The smallest absolute Gasteiger partial charge is 0.0431 e. The standard InChI is InChI=1S/C14H22N2O/c15-13-7-4-8-14-12(13)6-5-10-16(14)9-2-1-3-11-17/h4,7-8,17H,1-3,5-6,9-11,15H2. The van der Waals surface area contributed by atoms with E-state index in [0.29, 0.717) is 6.61 Å². The number of fused-ring (bicyclic) bond motifs is 1. The number of nitrogens with zero attached hydrogens (tertiary/aromatic N) is 1. The molecule has 17 heavy (non-hydrogen) atoms. The van der Waals surface area contributed by atoms with Gasteiger partial charge in [0.15, 0.2) is 0 Å². The molecule has 0 bridgehead atoms. The van der Waals surface area contributed by atoms with Crippen LogP contribution in [0.1, 0.15) is 31.2 Å². The van der Waals surface area contributed by atoms with Gasteiger partial charge in [0, 0.05) is 31.1 Å². The summed E-state index contributed by atoms with van der Waals surface area (Å²) in [4.78, 5) is 2.44. The third kappa shape index (κ3) is 2.91. The number of unbranched alkanes of at least 4 members (excludes halogenated alkanes) is 2. The maximum absolute atomic E-state index is 8.77. The van der Waals surface area contributed by atoms with Crippen molar-refractivity contribution in [3.05, 3.63) is 23.8 Å². The summed E-state index contributed by atoms with van der Waals surface area (Å²) >= 11 is 0. The van der Waals surface area contributed by atoms with Crippen molar-refractivity contribution in [2.75, 3.05) is 30.3 Å². The average Bonchev–Trinajstić information content (AvgIpc) is 2.36. The molecule has 1 aliphatic rings. The SMILES string of the molecule is Nc1cccc2c1CCCN2CCCCCO. The van der Waals surface area contributed by atoms with Gasteiger partial charge in [-0.3, -0.25) is 0 Å². The molecule has 0 amide bonds. The van der Waals surface area contributed by atoms with E-state index in [1.807, 2.05) is 12.1 Å². The highest BCUT2D eigenvalue weighted by molar-refractivity contribution is 5.66. The summed E-state index contributed by atoms with van der Waals surface area (Å²) < 4.78 is 0. The van der Waals surface area contributed by atoms with E-state index in [1.54, 1.807) is 0 Å². The zero-order valence-corrected chi connectivity index (χ0v) is 10.4. The van der Waals surface area contributed by atoms with E-state index in [9.17, 15) is 0 Å². The molecular weight excluding hydrogens is 212 g/mol. The number of hydrogen-bond acceptors (Lipinski definition) is 3. The van der Waals surface area contributed by atoms with E-state index < -0.39 is 0 Å². The van der Waals surface area contributed by atoms with Crippen LogP contribution in [0.15, 0.2) is 18.2 Å². The average molecular weight is 234 g/mol. The molecule has 3 heteroatoms. The molecule has 1 aromatic carbocycles. The van der Waals surface area contributed by atoms with Gasteiger partial charge in [0.05, 0.1) is 0 Å². The van der Waals surface area contributed by atoms with Crippen molar-refractivity contribution < 1.29 is 5.11 Å². The molecule has 94 valence electrons. The Morgan fingerprint density at radius 3 is 2.94 bits per heavy atom. The van der Waals surface area contributed by atoms with Crippen LogP contribution in [0.25, 0.3) is 0 Å². The summed E-state index contributed by atoms with van der Waals surface area (Å²) in [5.41, 5.74) is 9.59. The molecule has 0 spiro atoms. The van der Waals surface area contributed by atoms with Gasteiger partial charge in [0.1, 0.15) is 0 Å². The quantitative estimate of drug-likeness (QED) is 0.606. The van der Waals surface area contributed by atoms with Crippen LogP contribution in [-0.4, -0.2) is 24.8 Å². The van der Waals surface area contributed by atoms with Gasteiger partial charge in [-0.05, 0) is 49.8 Å². The Kier molecular flexibility index (Phi) is 4.26. The van der Waals surface area contributed by atoms with Crippen LogP contribution in [0, 0.1) is 0 Å². The molecular formula is C14H22N2O. The molecule has 0 atom stereocenters. The number of aliphatic hydroxyl groups is 1. The van der Waals surface area contributed by atoms with Crippen LogP contribution in [-0.2, 0) is 6.42 Å². The highest BCUT2D eigenvalue weighted by Crippen LogP contribution is 2.31. The van der Waals surface area contributed by atoms with E-state index in [1.165, 1.54) is 17.7 Å². The van der Waals surface area contributed by atoms with E-state index in [4.69, 9.17) is 10.8 Å². The summed E-state index contributed by atoms with van der Waals surface area (Å²) in [5.74, 6) is 0. The second-order valence-corrected chi connectivity index (χ2v) is 4.72. The lowest BCUT2D eigenvalue weighted by Crippen LogP contribution is -2.30. The molecule has 3 N–H and O–H groups in total. The highest BCUT2D eigenvalue weighted by Gasteiger charge is 2.17. The molecule has 0 unspecified atom stereocenters. The van der Waals surface area contributed by atoms with Gasteiger partial charge < -0.3 is 15.7 Å².